The Morgan fingerprint density at radius 2 is 1.73 bits per heavy atom. The van der Waals surface area contributed by atoms with Crippen molar-refractivity contribution in [2.75, 3.05) is 32.8 Å². The van der Waals surface area contributed by atoms with Gasteiger partial charge in [0.05, 0.1) is 10.5 Å². The smallest absolute Gasteiger partial charge is 0.338 e. The highest BCUT2D eigenvalue weighted by molar-refractivity contribution is 7.89. The summed E-state index contributed by atoms with van der Waals surface area (Å²) in [5.74, 6) is -1.26. The molecule has 3 aromatic rings. The summed E-state index contributed by atoms with van der Waals surface area (Å²) in [6, 6.07) is 12.8. The van der Waals surface area contributed by atoms with Crippen molar-refractivity contribution < 1.29 is 27.5 Å². The number of hydrogen-bond donors (Lipinski definition) is 1. The fourth-order valence-corrected chi connectivity index (χ4v) is 5.24. The van der Waals surface area contributed by atoms with Crippen LogP contribution in [-0.4, -0.2) is 73.1 Å². The average Bonchev–Trinajstić information content (AvgIpc) is 3.27. The van der Waals surface area contributed by atoms with E-state index in [2.05, 4.69) is 4.98 Å². The lowest BCUT2D eigenvalue weighted by Gasteiger charge is -2.33. The number of ketones is 1. The van der Waals surface area contributed by atoms with E-state index in [1.165, 1.54) is 35.5 Å². The number of fused-ring (bicyclic) bond motifs is 1. The molecule has 0 radical (unpaired) electrons. The molecule has 0 bridgehead atoms. The van der Waals surface area contributed by atoms with Crippen LogP contribution in [0.5, 0.6) is 0 Å². The molecule has 10 heteroatoms. The van der Waals surface area contributed by atoms with E-state index < -0.39 is 22.6 Å². The van der Waals surface area contributed by atoms with Crippen LogP contribution < -0.4 is 0 Å². The van der Waals surface area contributed by atoms with E-state index in [9.17, 15) is 22.8 Å². The van der Waals surface area contributed by atoms with E-state index >= 15 is 0 Å². The Bertz CT molecular complexity index is 1320. The first-order chi connectivity index (χ1) is 15.8. The van der Waals surface area contributed by atoms with Gasteiger partial charge in [0.25, 0.3) is 0 Å². The molecule has 1 fully saturated rings. The van der Waals surface area contributed by atoms with Crippen LogP contribution in [0.1, 0.15) is 27.6 Å². The zero-order valence-electron chi connectivity index (χ0n) is 18.0. The third kappa shape index (κ3) is 4.67. The highest BCUT2D eigenvalue weighted by Gasteiger charge is 2.29. The minimum Gasteiger partial charge on any atom is -0.454 e. The number of rotatable bonds is 6. The number of ether oxygens (including phenoxy) is 1. The average molecular weight is 470 g/mol. The Morgan fingerprint density at radius 1 is 1.00 bits per heavy atom. The molecule has 1 N–H and O–H groups in total. The van der Waals surface area contributed by atoms with Crippen molar-refractivity contribution in [1.29, 1.82) is 0 Å². The predicted molar refractivity (Wildman–Crippen MR) is 120 cm³/mol. The van der Waals surface area contributed by atoms with Crippen LogP contribution >= 0.6 is 0 Å². The Hall–Kier alpha value is -3.50. The van der Waals surface area contributed by atoms with Gasteiger partial charge in [0, 0.05) is 55.8 Å². The van der Waals surface area contributed by atoms with Crippen LogP contribution in [0.15, 0.2) is 59.6 Å². The molecule has 2 aromatic carbocycles. The number of Topliss-reactive ketones (excluding diaryl/α,β-unsaturated/α-hetero) is 1. The second-order valence-electron chi connectivity index (χ2n) is 7.69. The summed E-state index contributed by atoms with van der Waals surface area (Å²) in [7, 11) is -3.84. The summed E-state index contributed by atoms with van der Waals surface area (Å²) in [5, 5.41) is 0.733. The Balaban J connectivity index is 1.43. The van der Waals surface area contributed by atoms with Gasteiger partial charge in [-0.25, -0.2) is 13.2 Å². The molecule has 1 saturated heterocycles. The summed E-state index contributed by atoms with van der Waals surface area (Å²) in [5.41, 5.74) is 1.25. The molecule has 0 unspecified atom stereocenters. The van der Waals surface area contributed by atoms with Gasteiger partial charge < -0.3 is 14.6 Å². The predicted octanol–water partition coefficient (Wildman–Crippen LogP) is 2.06. The molecule has 0 saturated carbocycles. The van der Waals surface area contributed by atoms with E-state index in [1.54, 1.807) is 17.2 Å². The van der Waals surface area contributed by atoms with Crippen LogP contribution in [0, 0.1) is 0 Å². The number of aromatic amines is 1. The summed E-state index contributed by atoms with van der Waals surface area (Å²) in [6.45, 7) is 1.96. The van der Waals surface area contributed by atoms with Crippen LogP contribution in [-0.2, 0) is 19.6 Å². The quantitative estimate of drug-likeness (QED) is 0.436. The number of carbonyl (C=O) groups excluding carboxylic acids is 3. The Kier molecular flexibility index (Phi) is 6.30. The van der Waals surface area contributed by atoms with Crippen molar-refractivity contribution in [3.8, 4) is 0 Å². The molecule has 1 amide bonds. The molecule has 4 rings (SSSR count). The third-order valence-electron chi connectivity index (χ3n) is 5.62. The van der Waals surface area contributed by atoms with E-state index in [0.29, 0.717) is 18.7 Å². The van der Waals surface area contributed by atoms with Crippen LogP contribution in [0.25, 0.3) is 10.9 Å². The molecule has 33 heavy (non-hydrogen) atoms. The summed E-state index contributed by atoms with van der Waals surface area (Å²) in [6.07, 6.45) is 1.57. The van der Waals surface area contributed by atoms with Gasteiger partial charge >= 0.3 is 5.97 Å². The van der Waals surface area contributed by atoms with Gasteiger partial charge in [0.1, 0.15) is 0 Å². The summed E-state index contributed by atoms with van der Waals surface area (Å²) < 4.78 is 32.4. The minimum atomic E-state index is -3.84. The molecule has 0 atom stereocenters. The second kappa shape index (κ2) is 9.16. The number of nitrogens with one attached hydrogen (secondary N) is 1. The zero-order chi connectivity index (χ0) is 23.6. The number of aromatic nitrogens is 1. The number of hydrogen-bond acceptors (Lipinski definition) is 6. The van der Waals surface area contributed by atoms with Crippen LogP contribution in [0.2, 0.25) is 0 Å². The van der Waals surface area contributed by atoms with Crippen molar-refractivity contribution in [3.63, 3.8) is 0 Å². The summed E-state index contributed by atoms with van der Waals surface area (Å²) >= 11 is 0. The van der Waals surface area contributed by atoms with Crippen molar-refractivity contribution in [1.82, 2.24) is 14.2 Å². The minimum absolute atomic E-state index is 0.0326. The first-order valence-electron chi connectivity index (χ1n) is 10.4. The van der Waals surface area contributed by atoms with Gasteiger partial charge in [-0.15, -0.1) is 0 Å². The number of para-hydroxylation sites is 1. The maximum Gasteiger partial charge on any atom is 0.338 e. The van der Waals surface area contributed by atoms with Gasteiger partial charge in [0.15, 0.2) is 6.61 Å². The number of esters is 1. The molecule has 2 heterocycles. The zero-order valence-corrected chi connectivity index (χ0v) is 18.8. The molecular formula is C23H23N3O6S. The van der Waals surface area contributed by atoms with Gasteiger partial charge in [-0.05, 0) is 24.3 Å². The van der Waals surface area contributed by atoms with Crippen molar-refractivity contribution in [2.45, 2.75) is 11.8 Å². The molecule has 1 aromatic heterocycles. The fourth-order valence-electron chi connectivity index (χ4n) is 3.77. The van der Waals surface area contributed by atoms with E-state index in [4.69, 9.17) is 4.74 Å². The lowest BCUT2D eigenvalue weighted by molar-refractivity contribution is -0.129. The van der Waals surface area contributed by atoms with Crippen molar-refractivity contribution in [3.05, 3.63) is 65.9 Å². The standard InChI is InChI=1S/C23H23N3O6S/c1-16(27)25-9-11-26(12-10-25)33(30,31)18-6-4-5-17(13-18)23(29)32-15-22(28)20-14-24-21-8-3-2-7-19(20)21/h2-8,13-14,24H,9-12,15H2,1H3. The normalized spacial score (nSPS) is 14.9. The van der Waals surface area contributed by atoms with Crippen molar-refractivity contribution >= 4 is 38.6 Å². The number of amides is 1. The van der Waals surface area contributed by atoms with Gasteiger partial charge in [-0.2, -0.15) is 4.31 Å². The molecule has 172 valence electrons. The largest absolute Gasteiger partial charge is 0.454 e. The Labute approximate surface area is 191 Å². The molecular weight excluding hydrogens is 446 g/mol. The number of nitrogens with zero attached hydrogens (tertiary/aromatic N) is 2. The van der Waals surface area contributed by atoms with Gasteiger partial charge in [-0.1, -0.05) is 24.3 Å². The molecule has 1 aliphatic rings. The third-order valence-corrected chi connectivity index (χ3v) is 7.51. The molecule has 0 spiro atoms. The maximum atomic E-state index is 13.0. The Morgan fingerprint density at radius 3 is 2.45 bits per heavy atom. The van der Waals surface area contributed by atoms with Crippen LogP contribution in [0.3, 0.4) is 0 Å². The lowest BCUT2D eigenvalue weighted by Crippen LogP contribution is -2.49. The van der Waals surface area contributed by atoms with E-state index in [0.717, 1.165) is 10.9 Å². The number of carbonyl (C=O) groups is 3. The SMILES string of the molecule is CC(=O)N1CCN(S(=O)(=O)c2cccc(C(=O)OCC(=O)c3c[nH]c4ccccc34)c2)CC1. The summed E-state index contributed by atoms with van der Waals surface area (Å²) in [4.78, 5) is 41.1. The van der Waals surface area contributed by atoms with Crippen LogP contribution in [0.4, 0.5) is 0 Å². The maximum absolute atomic E-state index is 13.0. The number of H-pyrrole nitrogens is 1. The fraction of sp³-hybridized carbons (Fsp3) is 0.261. The molecule has 9 nitrogen and oxygen atoms in total. The molecule has 1 aliphatic heterocycles. The first-order valence-corrected chi connectivity index (χ1v) is 11.8. The topological polar surface area (TPSA) is 117 Å². The van der Waals surface area contributed by atoms with E-state index in [1.807, 2.05) is 18.2 Å². The second-order valence-corrected chi connectivity index (χ2v) is 9.62. The highest BCUT2D eigenvalue weighted by Crippen LogP contribution is 2.21. The monoisotopic (exact) mass is 469 g/mol. The number of sulfonamides is 1. The van der Waals surface area contributed by atoms with Gasteiger partial charge in [-0.3, -0.25) is 9.59 Å². The highest BCUT2D eigenvalue weighted by atomic mass is 32.2. The lowest BCUT2D eigenvalue weighted by atomic mass is 10.1. The number of benzene rings is 2. The molecule has 0 aliphatic carbocycles. The van der Waals surface area contributed by atoms with E-state index in [-0.39, 0.29) is 35.2 Å². The van der Waals surface area contributed by atoms with Gasteiger partial charge in [0.2, 0.25) is 21.7 Å². The van der Waals surface area contributed by atoms with Crippen molar-refractivity contribution in [2.24, 2.45) is 0 Å². The first kappa shape index (κ1) is 22.7. The number of piperazine rings is 1.